The molecule has 0 bridgehead atoms. The number of hydrogen-bond donors (Lipinski definition) is 0. The summed E-state index contributed by atoms with van der Waals surface area (Å²) in [5.74, 6) is 0. The van der Waals surface area contributed by atoms with E-state index in [2.05, 4.69) is 228 Å². The normalized spacial score (nSPS) is 12.7. The van der Waals surface area contributed by atoms with E-state index in [9.17, 15) is 0 Å². The second kappa shape index (κ2) is 15.8. The molecule has 0 aromatic heterocycles. The highest BCUT2D eigenvalue weighted by atomic mass is 15.1. The molecule has 0 heterocycles. The summed E-state index contributed by atoms with van der Waals surface area (Å²) in [5.41, 5.74) is 14.4. The second-order valence-corrected chi connectivity index (χ2v) is 15.2. The molecule has 9 aromatic rings. The molecule has 2 heteroatoms. The zero-order valence-corrected chi connectivity index (χ0v) is 32.5. The van der Waals surface area contributed by atoms with Crippen LogP contribution in [0.25, 0.3) is 49.4 Å². The van der Waals surface area contributed by atoms with Gasteiger partial charge in [0, 0.05) is 34.1 Å². The quantitative estimate of drug-likeness (QED) is 0.136. The van der Waals surface area contributed by atoms with E-state index in [4.69, 9.17) is 0 Å². The van der Waals surface area contributed by atoms with Crippen LogP contribution in [0.2, 0.25) is 0 Å². The topological polar surface area (TPSA) is 6.48 Å². The Morgan fingerprint density at radius 1 is 0.293 bits per heavy atom. The van der Waals surface area contributed by atoms with Crippen LogP contribution in [0.15, 0.2) is 218 Å². The lowest BCUT2D eigenvalue weighted by atomic mass is 9.93. The van der Waals surface area contributed by atoms with Gasteiger partial charge in [0.2, 0.25) is 0 Å². The predicted octanol–water partition coefficient (Wildman–Crippen LogP) is 16.2. The van der Waals surface area contributed by atoms with Crippen LogP contribution < -0.4 is 9.80 Å². The fourth-order valence-corrected chi connectivity index (χ4v) is 8.56. The van der Waals surface area contributed by atoms with Crippen LogP contribution in [0, 0.1) is 0 Å². The van der Waals surface area contributed by atoms with Gasteiger partial charge in [-0.15, -0.1) is 0 Å². The standard InChI is InChI=1S/C56H44N2/c1-4-12-41(13-5-1)43-22-31-50(32-23-43)57(51-33-24-44(25-34-51)42-14-6-2-7-15-42)52-35-26-45(27-36-52)46-28-37-53(38-29-46)58(49-17-8-3-9-18-49)54-39-30-48-21-20-47-16-10-11-19-55(47)56(48)40-54/h1,3-5,8-14,16-40H,2,6-7,15H2. The number of anilines is 6. The molecule has 0 N–H and O–H groups in total. The molecule has 0 saturated heterocycles. The molecule has 1 aliphatic rings. The minimum atomic E-state index is 1.11. The lowest BCUT2D eigenvalue weighted by Gasteiger charge is -2.27. The Hall–Kier alpha value is -7.16. The first-order valence-electron chi connectivity index (χ1n) is 20.5. The van der Waals surface area contributed by atoms with Crippen molar-refractivity contribution in [2.75, 3.05) is 9.80 Å². The van der Waals surface area contributed by atoms with Crippen molar-refractivity contribution in [3.63, 3.8) is 0 Å². The molecule has 0 spiro atoms. The summed E-state index contributed by atoms with van der Waals surface area (Å²) < 4.78 is 0. The minimum absolute atomic E-state index is 1.11. The molecule has 58 heavy (non-hydrogen) atoms. The average molecular weight is 745 g/mol. The number of benzene rings is 9. The third-order valence-corrected chi connectivity index (χ3v) is 11.6. The largest absolute Gasteiger partial charge is 0.311 e. The van der Waals surface area contributed by atoms with Crippen molar-refractivity contribution in [2.24, 2.45) is 0 Å². The summed E-state index contributed by atoms with van der Waals surface area (Å²) in [6.45, 7) is 0. The minimum Gasteiger partial charge on any atom is -0.311 e. The summed E-state index contributed by atoms with van der Waals surface area (Å²) in [4.78, 5) is 4.72. The summed E-state index contributed by atoms with van der Waals surface area (Å²) >= 11 is 0. The van der Waals surface area contributed by atoms with Crippen molar-refractivity contribution in [3.8, 4) is 22.3 Å². The van der Waals surface area contributed by atoms with Crippen LogP contribution in [0.4, 0.5) is 34.1 Å². The molecule has 1 aliphatic carbocycles. The fourth-order valence-electron chi connectivity index (χ4n) is 8.56. The van der Waals surface area contributed by atoms with E-state index >= 15 is 0 Å². The maximum atomic E-state index is 2.42. The van der Waals surface area contributed by atoms with Crippen molar-refractivity contribution in [3.05, 3.63) is 224 Å². The molecule has 0 unspecified atom stereocenters. The van der Waals surface area contributed by atoms with Crippen LogP contribution >= 0.6 is 0 Å². The number of allylic oxidation sites excluding steroid dienone is 2. The summed E-state index contributed by atoms with van der Waals surface area (Å²) in [6, 6.07) is 77.2. The van der Waals surface area contributed by atoms with Crippen LogP contribution in [0.5, 0.6) is 0 Å². The highest BCUT2D eigenvalue weighted by molar-refractivity contribution is 6.09. The third-order valence-electron chi connectivity index (χ3n) is 11.6. The van der Waals surface area contributed by atoms with E-state index in [-0.39, 0.29) is 0 Å². The first-order valence-corrected chi connectivity index (χ1v) is 20.5. The number of fused-ring (bicyclic) bond motifs is 3. The first-order chi connectivity index (χ1) is 28.7. The van der Waals surface area contributed by atoms with Gasteiger partial charge in [0.1, 0.15) is 0 Å². The first kappa shape index (κ1) is 35.3. The highest BCUT2D eigenvalue weighted by Gasteiger charge is 2.17. The summed E-state index contributed by atoms with van der Waals surface area (Å²) in [6.07, 6.45) is 7.34. The number of nitrogens with zero attached hydrogens (tertiary/aromatic N) is 2. The van der Waals surface area contributed by atoms with Gasteiger partial charge in [-0.2, -0.15) is 0 Å². The lowest BCUT2D eigenvalue weighted by molar-refractivity contribution is 0.742. The molecule has 0 aliphatic heterocycles. The Morgan fingerprint density at radius 3 is 1.26 bits per heavy atom. The third kappa shape index (κ3) is 7.06. The summed E-state index contributed by atoms with van der Waals surface area (Å²) in [5, 5.41) is 5.02. The molecule has 0 fully saturated rings. The Bertz CT molecular complexity index is 2840. The molecule has 9 aromatic carbocycles. The maximum Gasteiger partial charge on any atom is 0.0468 e. The number of rotatable bonds is 9. The Kier molecular flexibility index (Phi) is 9.59. The van der Waals surface area contributed by atoms with Crippen molar-refractivity contribution >= 4 is 61.2 Å². The van der Waals surface area contributed by atoms with E-state index < -0.39 is 0 Å². The van der Waals surface area contributed by atoms with E-state index in [1.54, 1.807) is 0 Å². The van der Waals surface area contributed by atoms with Gasteiger partial charge in [0.05, 0.1) is 0 Å². The van der Waals surface area contributed by atoms with Crippen LogP contribution in [0.3, 0.4) is 0 Å². The Morgan fingerprint density at radius 2 is 0.707 bits per heavy atom. The monoisotopic (exact) mass is 744 g/mol. The van der Waals surface area contributed by atoms with E-state index in [0.717, 1.165) is 40.5 Å². The maximum absolute atomic E-state index is 2.42. The average Bonchev–Trinajstić information content (AvgIpc) is 3.31. The predicted molar refractivity (Wildman–Crippen MR) is 248 cm³/mol. The molecule has 0 atom stereocenters. The summed E-state index contributed by atoms with van der Waals surface area (Å²) in [7, 11) is 0. The van der Waals surface area contributed by atoms with Crippen molar-refractivity contribution in [1.29, 1.82) is 0 Å². The molecule has 10 rings (SSSR count). The van der Waals surface area contributed by atoms with Crippen LogP contribution in [0.1, 0.15) is 31.2 Å². The van der Waals surface area contributed by atoms with Crippen molar-refractivity contribution < 1.29 is 0 Å². The molecule has 278 valence electrons. The van der Waals surface area contributed by atoms with Crippen LogP contribution in [-0.2, 0) is 0 Å². The van der Waals surface area contributed by atoms with Gasteiger partial charge < -0.3 is 9.80 Å². The SMILES string of the molecule is C1=C(c2ccc(N(c3ccc(-c4ccccc4)cc3)c3ccc(-c4ccc(N(c5ccccc5)c5ccc6ccc7ccccc7c6c5)cc4)cc3)cc2)CCCC1. The van der Waals surface area contributed by atoms with Gasteiger partial charge in [-0.25, -0.2) is 0 Å². The number of hydrogen-bond acceptors (Lipinski definition) is 2. The van der Waals surface area contributed by atoms with Gasteiger partial charge in [-0.3, -0.25) is 0 Å². The van der Waals surface area contributed by atoms with Crippen LogP contribution in [-0.4, -0.2) is 0 Å². The van der Waals surface area contributed by atoms with Crippen molar-refractivity contribution in [2.45, 2.75) is 25.7 Å². The van der Waals surface area contributed by atoms with E-state index in [1.807, 2.05) is 0 Å². The molecule has 0 saturated carbocycles. The number of para-hydroxylation sites is 1. The fraction of sp³-hybridized carbons (Fsp3) is 0.0714. The highest BCUT2D eigenvalue weighted by Crippen LogP contribution is 2.40. The van der Waals surface area contributed by atoms with E-state index in [0.29, 0.717) is 0 Å². The Labute approximate surface area is 341 Å². The zero-order valence-electron chi connectivity index (χ0n) is 32.5. The second-order valence-electron chi connectivity index (χ2n) is 15.2. The van der Waals surface area contributed by atoms with Gasteiger partial charge in [0.15, 0.2) is 0 Å². The zero-order chi connectivity index (χ0) is 38.7. The lowest BCUT2D eigenvalue weighted by Crippen LogP contribution is -2.10. The molecule has 0 radical (unpaired) electrons. The molecule has 0 amide bonds. The molecular weight excluding hydrogens is 701 g/mol. The van der Waals surface area contributed by atoms with Gasteiger partial charge in [0.25, 0.3) is 0 Å². The van der Waals surface area contributed by atoms with Gasteiger partial charge in [-0.05, 0) is 153 Å². The van der Waals surface area contributed by atoms with Gasteiger partial charge >= 0.3 is 0 Å². The Balaban J connectivity index is 0.974. The van der Waals surface area contributed by atoms with Crippen molar-refractivity contribution in [1.82, 2.24) is 0 Å². The van der Waals surface area contributed by atoms with Gasteiger partial charge in [-0.1, -0.05) is 146 Å². The molecular formula is C56H44N2. The van der Waals surface area contributed by atoms with E-state index in [1.165, 1.54) is 74.2 Å². The smallest absolute Gasteiger partial charge is 0.0468 e. The molecule has 2 nitrogen and oxygen atoms in total.